The van der Waals surface area contributed by atoms with Crippen molar-refractivity contribution in [3.63, 3.8) is 0 Å². The molecule has 8 heavy (non-hydrogen) atoms. The molecule has 1 aliphatic rings. The van der Waals surface area contributed by atoms with Crippen molar-refractivity contribution in [2.45, 2.75) is 19.9 Å². The molecule has 0 saturated carbocycles. The summed E-state index contributed by atoms with van der Waals surface area (Å²) >= 11 is 0. The summed E-state index contributed by atoms with van der Waals surface area (Å²) in [6.07, 6.45) is 1.97. The van der Waals surface area contributed by atoms with Gasteiger partial charge in [-0.2, -0.15) is 0 Å². The van der Waals surface area contributed by atoms with Gasteiger partial charge in [0.15, 0.2) is 0 Å². The van der Waals surface area contributed by atoms with Gasteiger partial charge in [0.25, 0.3) is 0 Å². The summed E-state index contributed by atoms with van der Waals surface area (Å²) in [5.74, 6) is 0. The van der Waals surface area contributed by atoms with E-state index >= 15 is 0 Å². The highest BCUT2D eigenvalue weighted by Gasteiger charge is 2.09. The fraction of sp³-hybridized carbons (Fsp3) is 0.833. The molecule has 0 amide bonds. The van der Waals surface area contributed by atoms with Gasteiger partial charge in [-0.05, 0) is 13.8 Å². The molecule has 1 aliphatic heterocycles. The minimum Gasteiger partial charge on any atom is -0.281 e. The lowest BCUT2D eigenvalue weighted by molar-refractivity contribution is 0.280. The highest BCUT2D eigenvalue weighted by atomic mass is 15.2. The van der Waals surface area contributed by atoms with Crippen molar-refractivity contribution < 1.29 is 0 Å². The van der Waals surface area contributed by atoms with Crippen LogP contribution in [0.15, 0.2) is 4.99 Å². The quantitative estimate of drug-likeness (QED) is 0.488. The summed E-state index contributed by atoms with van der Waals surface area (Å²) in [7, 11) is 0. The number of aliphatic imine (C=N–C) groups is 1. The molecule has 0 aliphatic carbocycles. The summed E-state index contributed by atoms with van der Waals surface area (Å²) in [5, 5.41) is 0. The van der Waals surface area contributed by atoms with E-state index in [1.165, 1.54) is 0 Å². The Bertz CT molecular complexity index is 88.7. The van der Waals surface area contributed by atoms with Crippen molar-refractivity contribution in [2.24, 2.45) is 4.99 Å². The van der Waals surface area contributed by atoms with E-state index in [0.29, 0.717) is 6.04 Å². The Morgan fingerprint density at radius 2 is 2.38 bits per heavy atom. The number of rotatable bonds is 1. The van der Waals surface area contributed by atoms with Gasteiger partial charge >= 0.3 is 0 Å². The van der Waals surface area contributed by atoms with Crippen molar-refractivity contribution in [3.8, 4) is 0 Å². The summed E-state index contributed by atoms with van der Waals surface area (Å²) < 4.78 is 0. The van der Waals surface area contributed by atoms with Gasteiger partial charge in [0, 0.05) is 18.8 Å². The van der Waals surface area contributed by atoms with Crippen LogP contribution in [0.1, 0.15) is 13.8 Å². The monoisotopic (exact) mass is 112 g/mol. The maximum absolute atomic E-state index is 4.09. The minimum atomic E-state index is 0.650. The molecule has 0 N–H and O–H groups in total. The van der Waals surface area contributed by atoms with Gasteiger partial charge in [0.2, 0.25) is 0 Å². The molecule has 0 unspecified atom stereocenters. The Morgan fingerprint density at radius 3 is 2.62 bits per heavy atom. The van der Waals surface area contributed by atoms with Crippen LogP contribution in [0.2, 0.25) is 0 Å². The molecular weight excluding hydrogens is 100 g/mol. The average molecular weight is 112 g/mol. The van der Waals surface area contributed by atoms with E-state index in [-0.39, 0.29) is 0 Å². The van der Waals surface area contributed by atoms with Crippen LogP contribution in [0, 0.1) is 0 Å². The van der Waals surface area contributed by atoms with Gasteiger partial charge in [-0.3, -0.25) is 9.89 Å². The molecule has 0 saturated heterocycles. The van der Waals surface area contributed by atoms with Gasteiger partial charge in [0.1, 0.15) is 0 Å². The third-order valence-electron chi connectivity index (χ3n) is 1.44. The van der Waals surface area contributed by atoms with Crippen LogP contribution in [0.5, 0.6) is 0 Å². The molecule has 46 valence electrons. The Hall–Kier alpha value is -0.370. The Labute approximate surface area is 50.2 Å². The smallest absolute Gasteiger partial charge is 0.0911 e. The Balaban J connectivity index is 2.29. The lowest BCUT2D eigenvalue weighted by Gasteiger charge is -2.16. The zero-order valence-corrected chi connectivity index (χ0v) is 5.46. The molecule has 0 aromatic carbocycles. The van der Waals surface area contributed by atoms with Gasteiger partial charge in [-0.15, -0.1) is 0 Å². The van der Waals surface area contributed by atoms with Crippen molar-refractivity contribution in [1.29, 1.82) is 0 Å². The molecule has 0 aromatic rings. The van der Waals surface area contributed by atoms with Crippen LogP contribution in [0.25, 0.3) is 0 Å². The lowest BCUT2D eigenvalue weighted by Crippen LogP contribution is -2.28. The minimum absolute atomic E-state index is 0.650. The van der Waals surface area contributed by atoms with E-state index in [9.17, 15) is 0 Å². The standard InChI is InChI=1S/C6H12N2/c1-6(2)8-4-3-7-5-8/h3,6H,4-5H2,1-2H3. The third-order valence-corrected chi connectivity index (χ3v) is 1.44. The first kappa shape index (κ1) is 5.76. The predicted octanol–water partition coefficient (Wildman–Crippen LogP) is 0.739. The number of nitrogens with zero attached hydrogens (tertiary/aromatic N) is 2. The fourth-order valence-electron chi connectivity index (χ4n) is 0.757. The number of hydrogen-bond donors (Lipinski definition) is 0. The Morgan fingerprint density at radius 1 is 1.62 bits per heavy atom. The van der Waals surface area contributed by atoms with Crippen molar-refractivity contribution >= 4 is 6.21 Å². The van der Waals surface area contributed by atoms with Crippen LogP contribution < -0.4 is 0 Å². The molecule has 2 nitrogen and oxygen atoms in total. The molecule has 2 heteroatoms. The molecule has 0 spiro atoms. The van der Waals surface area contributed by atoms with Crippen LogP contribution in [-0.2, 0) is 0 Å². The maximum Gasteiger partial charge on any atom is 0.0911 e. The summed E-state index contributed by atoms with van der Waals surface area (Å²) in [6.45, 7) is 6.32. The molecule has 0 atom stereocenters. The van der Waals surface area contributed by atoms with Crippen LogP contribution >= 0.6 is 0 Å². The molecule has 0 radical (unpaired) electrons. The maximum atomic E-state index is 4.09. The lowest BCUT2D eigenvalue weighted by atomic mass is 10.3. The van der Waals surface area contributed by atoms with E-state index in [2.05, 4.69) is 23.7 Å². The van der Waals surface area contributed by atoms with E-state index < -0.39 is 0 Å². The SMILES string of the molecule is CC(C)N1CC=NC1. The third kappa shape index (κ3) is 1.07. The highest BCUT2D eigenvalue weighted by Crippen LogP contribution is 1.99. The molecule has 1 rings (SSSR count). The second-order valence-electron chi connectivity index (χ2n) is 2.37. The molecule has 0 bridgehead atoms. The van der Waals surface area contributed by atoms with Crippen LogP contribution in [-0.4, -0.2) is 30.4 Å². The van der Waals surface area contributed by atoms with Crippen molar-refractivity contribution in [1.82, 2.24) is 4.90 Å². The van der Waals surface area contributed by atoms with E-state index in [1.807, 2.05) is 6.21 Å². The topological polar surface area (TPSA) is 15.6 Å². The second kappa shape index (κ2) is 2.27. The average Bonchev–Trinajstić information content (AvgIpc) is 2.12. The molecule has 0 aromatic heterocycles. The van der Waals surface area contributed by atoms with E-state index in [1.54, 1.807) is 0 Å². The highest BCUT2D eigenvalue weighted by molar-refractivity contribution is 5.61. The second-order valence-corrected chi connectivity index (χ2v) is 2.37. The fourth-order valence-corrected chi connectivity index (χ4v) is 0.757. The Kier molecular flexibility index (Phi) is 1.63. The first-order valence-corrected chi connectivity index (χ1v) is 3.03. The summed E-state index contributed by atoms with van der Waals surface area (Å²) in [6, 6.07) is 0.650. The summed E-state index contributed by atoms with van der Waals surface area (Å²) in [5.41, 5.74) is 0. The van der Waals surface area contributed by atoms with Crippen molar-refractivity contribution in [2.75, 3.05) is 13.2 Å². The molecule has 0 fully saturated rings. The normalized spacial score (nSPS) is 20.9. The van der Waals surface area contributed by atoms with Crippen molar-refractivity contribution in [3.05, 3.63) is 0 Å². The van der Waals surface area contributed by atoms with Crippen LogP contribution in [0.3, 0.4) is 0 Å². The molecular formula is C6H12N2. The van der Waals surface area contributed by atoms with E-state index in [4.69, 9.17) is 0 Å². The van der Waals surface area contributed by atoms with Crippen LogP contribution in [0.4, 0.5) is 0 Å². The predicted molar refractivity (Wildman–Crippen MR) is 35.2 cm³/mol. The van der Waals surface area contributed by atoms with E-state index in [0.717, 1.165) is 13.2 Å². The molecule has 1 heterocycles. The largest absolute Gasteiger partial charge is 0.281 e. The van der Waals surface area contributed by atoms with Gasteiger partial charge in [0.05, 0.1) is 6.67 Å². The van der Waals surface area contributed by atoms with Gasteiger partial charge in [-0.25, -0.2) is 0 Å². The summed E-state index contributed by atoms with van der Waals surface area (Å²) in [4.78, 5) is 6.39. The van der Waals surface area contributed by atoms with Gasteiger partial charge in [-0.1, -0.05) is 0 Å². The first-order chi connectivity index (χ1) is 3.80. The zero-order valence-electron chi connectivity index (χ0n) is 5.46. The number of hydrogen-bond acceptors (Lipinski definition) is 2. The first-order valence-electron chi connectivity index (χ1n) is 3.03. The zero-order chi connectivity index (χ0) is 5.98. The van der Waals surface area contributed by atoms with Gasteiger partial charge < -0.3 is 0 Å².